The maximum atomic E-state index is 7.11. The average molecular weight is 513 g/mol. The predicted molar refractivity (Wildman–Crippen MR) is 128 cm³/mol. The molecular weight excluding hydrogens is 471 g/mol. The van der Waals surface area contributed by atoms with Gasteiger partial charge in [-0.15, -0.1) is 0 Å². The van der Waals surface area contributed by atoms with Gasteiger partial charge in [0.2, 0.25) is 0 Å². The third-order valence-corrected chi connectivity index (χ3v) is 10.9. The van der Waals surface area contributed by atoms with Crippen molar-refractivity contribution in [3.8, 4) is 0 Å². The summed E-state index contributed by atoms with van der Waals surface area (Å²) in [6, 6.07) is 1.36. The van der Waals surface area contributed by atoms with Gasteiger partial charge in [0.05, 0.1) is 12.2 Å². The minimum Gasteiger partial charge on any atom is -0.374 e. The van der Waals surface area contributed by atoms with Crippen LogP contribution in [0.5, 0.6) is 0 Å². The molecule has 3 heterocycles. The van der Waals surface area contributed by atoms with Crippen LogP contribution in [-0.2, 0) is 4.74 Å². The van der Waals surface area contributed by atoms with Gasteiger partial charge in [-0.2, -0.15) is 0 Å². The molecule has 0 spiro atoms. The molecule has 0 aromatic heterocycles. The van der Waals surface area contributed by atoms with E-state index in [9.17, 15) is 0 Å². The van der Waals surface area contributed by atoms with Gasteiger partial charge in [0.15, 0.2) is 0 Å². The third kappa shape index (κ3) is 3.38. The molecule has 0 aromatic rings. The van der Waals surface area contributed by atoms with E-state index in [1.54, 1.807) is 5.57 Å². The fourth-order valence-electron chi connectivity index (χ4n) is 8.05. The predicted octanol–water partition coefficient (Wildman–Crippen LogP) is 5.02. The largest absolute Gasteiger partial charge is 0.374 e. The standard InChI is InChI=1S/C25H41IN2O/c1-13-11-20-22-19(10-9-18-17-7-5-6-8-21(17)29-25(18)22)24(28(20)12-13)23(27)15(3)14(2)16(4)26/h11,14-25H,5-10,12,27H2,1-4H3. The molecule has 2 N–H and O–H groups in total. The zero-order valence-corrected chi connectivity index (χ0v) is 20.9. The van der Waals surface area contributed by atoms with Gasteiger partial charge >= 0.3 is 0 Å². The SMILES string of the molecule is CC1=CC2C3C(CCC4C5CCCCC5OC43)C(C(N)C(C)C(C)C(C)I)N2C1. The highest BCUT2D eigenvalue weighted by Gasteiger charge is 2.61. The van der Waals surface area contributed by atoms with Gasteiger partial charge in [0, 0.05) is 34.5 Å². The van der Waals surface area contributed by atoms with Crippen LogP contribution in [-0.4, -0.2) is 45.7 Å². The Bertz CT molecular complexity index is 651. The van der Waals surface area contributed by atoms with E-state index < -0.39 is 0 Å². The summed E-state index contributed by atoms with van der Waals surface area (Å²) in [6.45, 7) is 10.6. The van der Waals surface area contributed by atoms with E-state index in [2.05, 4.69) is 61.3 Å². The molecular formula is C25H41IN2O. The first-order valence-corrected chi connectivity index (χ1v) is 13.6. The number of alkyl halides is 1. The Morgan fingerprint density at radius 2 is 1.76 bits per heavy atom. The van der Waals surface area contributed by atoms with Crippen molar-refractivity contribution in [2.45, 2.75) is 100 Å². The summed E-state index contributed by atoms with van der Waals surface area (Å²) >= 11 is 2.59. The van der Waals surface area contributed by atoms with Crippen LogP contribution in [0.2, 0.25) is 0 Å². The quantitative estimate of drug-likeness (QED) is 0.327. The van der Waals surface area contributed by atoms with Crippen molar-refractivity contribution >= 4 is 22.6 Å². The molecule has 5 aliphatic rings. The topological polar surface area (TPSA) is 38.5 Å². The van der Waals surface area contributed by atoms with Gasteiger partial charge in [-0.25, -0.2) is 0 Å². The van der Waals surface area contributed by atoms with Crippen molar-refractivity contribution in [2.75, 3.05) is 6.54 Å². The van der Waals surface area contributed by atoms with Crippen LogP contribution >= 0.6 is 22.6 Å². The molecule has 0 radical (unpaired) electrons. The zero-order valence-electron chi connectivity index (χ0n) is 18.8. The molecule has 4 fully saturated rings. The number of fused-ring (bicyclic) bond motifs is 7. The Kier molecular flexibility index (Phi) is 5.88. The highest BCUT2D eigenvalue weighted by Crippen LogP contribution is 2.57. The maximum Gasteiger partial charge on any atom is 0.0660 e. The number of nitrogens with two attached hydrogens (primary N) is 1. The zero-order chi connectivity index (χ0) is 20.4. The van der Waals surface area contributed by atoms with Crippen molar-refractivity contribution in [1.29, 1.82) is 0 Å². The fourth-order valence-corrected chi connectivity index (χ4v) is 8.71. The minimum absolute atomic E-state index is 0.263. The van der Waals surface area contributed by atoms with Crippen molar-refractivity contribution in [3.05, 3.63) is 11.6 Å². The number of ether oxygens (including phenoxy) is 1. The Labute approximate surface area is 191 Å². The minimum atomic E-state index is 0.263. The molecule has 164 valence electrons. The lowest BCUT2D eigenvalue weighted by atomic mass is 9.64. The molecule has 12 unspecified atom stereocenters. The fraction of sp³-hybridized carbons (Fsp3) is 0.920. The van der Waals surface area contributed by atoms with Crippen LogP contribution in [0.4, 0.5) is 0 Å². The van der Waals surface area contributed by atoms with Gasteiger partial charge in [-0.3, -0.25) is 4.90 Å². The number of hydrogen-bond donors (Lipinski definition) is 1. The lowest BCUT2D eigenvalue weighted by Crippen LogP contribution is -2.53. The average Bonchev–Trinajstić information content (AvgIpc) is 3.34. The van der Waals surface area contributed by atoms with E-state index in [0.717, 1.165) is 24.3 Å². The van der Waals surface area contributed by atoms with Crippen LogP contribution in [0, 0.1) is 35.5 Å². The first-order valence-electron chi connectivity index (χ1n) is 12.4. The highest BCUT2D eigenvalue weighted by atomic mass is 127. The summed E-state index contributed by atoms with van der Waals surface area (Å²) in [6.07, 6.45) is 11.9. The summed E-state index contributed by atoms with van der Waals surface area (Å²) < 4.78 is 7.57. The Balaban J connectivity index is 1.43. The molecule has 3 nitrogen and oxygen atoms in total. The molecule has 5 rings (SSSR count). The van der Waals surface area contributed by atoms with Crippen LogP contribution in [0.3, 0.4) is 0 Å². The molecule has 0 aromatic carbocycles. The maximum absolute atomic E-state index is 7.11. The summed E-state index contributed by atoms with van der Waals surface area (Å²) in [5, 5.41) is 0. The molecule has 0 amide bonds. The summed E-state index contributed by atoms with van der Waals surface area (Å²) in [4.78, 5) is 2.81. The second-order valence-electron chi connectivity index (χ2n) is 11.2. The summed E-state index contributed by atoms with van der Waals surface area (Å²) in [7, 11) is 0. The van der Waals surface area contributed by atoms with Gasteiger partial charge in [-0.05, 0) is 62.2 Å². The van der Waals surface area contributed by atoms with E-state index >= 15 is 0 Å². The molecule has 2 saturated heterocycles. The molecule has 3 aliphatic heterocycles. The molecule has 12 atom stereocenters. The van der Waals surface area contributed by atoms with Crippen molar-refractivity contribution in [2.24, 2.45) is 41.2 Å². The molecule has 4 heteroatoms. The first kappa shape index (κ1) is 21.2. The Hall–Kier alpha value is 0.350. The third-order valence-electron chi connectivity index (χ3n) is 9.81. The molecule has 2 aliphatic carbocycles. The second-order valence-corrected chi connectivity index (χ2v) is 13.2. The molecule has 0 bridgehead atoms. The van der Waals surface area contributed by atoms with Crippen molar-refractivity contribution in [3.63, 3.8) is 0 Å². The van der Waals surface area contributed by atoms with E-state index in [-0.39, 0.29) is 6.04 Å². The smallest absolute Gasteiger partial charge is 0.0660 e. The Morgan fingerprint density at radius 1 is 1.03 bits per heavy atom. The van der Waals surface area contributed by atoms with Gasteiger partial charge < -0.3 is 10.5 Å². The van der Waals surface area contributed by atoms with E-state index in [1.807, 2.05) is 0 Å². The van der Waals surface area contributed by atoms with E-state index in [1.165, 1.54) is 38.5 Å². The van der Waals surface area contributed by atoms with Crippen LogP contribution in [0.25, 0.3) is 0 Å². The number of hydrogen-bond acceptors (Lipinski definition) is 3. The number of rotatable bonds is 4. The van der Waals surface area contributed by atoms with Crippen molar-refractivity contribution in [1.82, 2.24) is 4.90 Å². The van der Waals surface area contributed by atoms with Crippen LogP contribution in [0.15, 0.2) is 11.6 Å². The lowest BCUT2D eigenvalue weighted by molar-refractivity contribution is -0.0395. The van der Waals surface area contributed by atoms with Crippen LogP contribution in [0.1, 0.15) is 66.2 Å². The van der Waals surface area contributed by atoms with Gasteiger partial charge in [0.1, 0.15) is 0 Å². The number of halogens is 1. The van der Waals surface area contributed by atoms with Gasteiger partial charge in [0.25, 0.3) is 0 Å². The van der Waals surface area contributed by atoms with E-state index in [4.69, 9.17) is 10.5 Å². The van der Waals surface area contributed by atoms with Crippen LogP contribution < -0.4 is 5.73 Å². The van der Waals surface area contributed by atoms with Crippen molar-refractivity contribution < 1.29 is 4.74 Å². The summed E-state index contributed by atoms with van der Waals surface area (Å²) in [5.74, 6) is 4.27. The normalized spacial score (nSPS) is 48.1. The number of nitrogens with zero attached hydrogens (tertiary/aromatic N) is 1. The Morgan fingerprint density at radius 3 is 2.52 bits per heavy atom. The molecule has 29 heavy (non-hydrogen) atoms. The second kappa shape index (κ2) is 8.04. The summed E-state index contributed by atoms with van der Waals surface area (Å²) in [5.41, 5.74) is 8.66. The van der Waals surface area contributed by atoms with E-state index in [0.29, 0.717) is 46.0 Å². The molecule has 2 saturated carbocycles. The lowest BCUT2D eigenvalue weighted by Gasteiger charge is -2.42. The highest BCUT2D eigenvalue weighted by molar-refractivity contribution is 14.1. The monoisotopic (exact) mass is 512 g/mol. The van der Waals surface area contributed by atoms with Gasteiger partial charge in [-0.1, -0.05) is 67.9 Å². The first-order chi connectivity index (χ1) is 13.9.